The monoisotopic (exact) mass is 314 g/mol. The zero-order chi connectivity index (χ0) is 16.3. The maximum Gasteiger partial charge on any atom is 0.197 e. The predicted octanol–water partition coefficient (Wildman–Crippen LogP) is 4.16. The highest BCUT2D eigenvalue weighted by Crippen LogP contribution is 2.26. The van der Waals surface area contributed by atoms with Crippen molar-refractivity contribution in [2.24, 2.45) is 0 Å². The van der Waals surface area contributed by atoms with Gasteiger partial charge in [0.05, 0.1) is 17.5 Å². The van der Waals surface area contributed by atoms with Crippen LogP contribution in [0.15, 0.2) is 30.3 Å². The molecule has 0 fully saturated rings. The molecule has 0 N–H and O–H groups in total. The van der Waals surface area contributed by atoms with Crippen molar-refractivity contribution in [3.63, 3.8) is 0 Å². The van der Waals surface area contributed by atoms with E-state index in [1.54, 1.807) is 18.2 Å². The van der Waals surface area contributed by atoms with Crippen molar-refractivity contribution in [1.82, 2.24) is 0 Å². The molecule has 0 aliphatic heterocycles. The molecule has 4 heteroatoms. The van der Waals surface area contributed by atoms with Crippen LogP contribution in [0.25, 0.3) is 0 Å². The minimum absolute atomic E-state index is 0.0936. The Balaban J connectivity index is 2.62. The van der Waals surface area contributed by atoms with Crippen molar-refractivity contribution in [3.05, 3.63) is 58.1 Å². The van der Waals surface area contributed by atoms with E-state index in [4.69, 9.17) is 4.74 Å². The number of para-hydroxylation sites is 1. The fraction of sp³-hybridized carbons (Fsp3) is 0.278. The van der Waals surface area contributed by atoms with E-state index < -0.39 is 0 Å². The SMILES string of the molecule is CCOc1c(P=O)cccc1C(=O)c1c(C)cc(C)cc1C. The molecule has 0 heterocycles. The number of benzene rings is 2. The van der Waals surface area contributed by atoms with Crippen LogP contribution in [0.4, 0.5) is 0 Å². The summed E-state index contributed by atoms with van der Waals surface area (Å²) in [4.78, 5) is 13.0. The van der Waals surface area contributed by atoms with Gasteiger partial charge in [0.15, 0.2) is 14.2 Å². The van der Waals surface area contributed by atoms with Crippen molar-refractivity contribution >= 4 is 19.5 Å². The Bertz CT molecular complexity index is 712. The Morgan fingerprint density at radius 2 is 1.77 bits per heavy atom. The number of ketones is 1. The lowest BCUT2D eigenvalue weighted by Crippen LogP contribution is -2.13. The van der Waals surface area contributed by atoms with Gasteiger partial charge in [-0.15, -0.1) is 0 Å². The summed E-state index contributed by atoms with van der Waals surface area (Å²) < 4.78 is 16.9. The Hall–Kier alpha value is -1.99. The number of ether oxygens (including phenoxy) is 1. The highest BCUT2D eigenvalue weighted by Gasteiger charge is 2.21. The highest BCUT2D eigenvalue weighted by molar-refractivity contribution is 7.34. The lowest BCUT2D eigenvalue weighted by atomic mass is 9.93. The zero-order valence-electron chi connectivity index (χ0n) is 13.3. The summed E-state index contributed by atoms with van der Waals surface area (Å²) in [5, 5.41) is 0.495. The second-order valence-electron chi connectivity index (χ2n) is 5.28. The van der Waals surface area contributed by atoms with Crippen LogP contribution in [0.5, 0.6) is 5.75 Å². The largest absolute Gasteiger partial charge is 0.492 e. The molecule has 2 aromatic rings. The predicted molar refractivity (Wildman–Crippen MR) is 88.9 cm³/mol. The van der Waals surface area contributed by atoms with Gasteiger partial charge < -0.3 is 4.74 Å². The molecule has 2 aromatic carbocycles. The lowest BCUT2D eigenvalue weighted by molar-refractivity contribution is 0.103. The Kier molecular flexibility index (Phi) is 5.10. The van der Waals surface area contributed by atoms with Crippen LogP contribution in [0.3, 0.4) is 0 Å². The van der Waals surface area contributed by atoms with Crippen LogP contribution in [0.1, 0.15) is 39.5 Å². The fourth-order valence-electron chi connectivity index (χ4n) is 2.74. The van der Waals surface area contributed by atoms with E-state index in [0.29, 0.717) is 28.8 Å². The third-order valence-electron chi connectivity index (χ3n) is 3.53. The molecule has 0 radical (unpaired) electrons. The fourth-order valence-corrected chi connectivity index (χ4v) is 3.16. The summed E-state index contributed by atoms with van der Waals surface area (Å²) in [6, 6.07) is 9.15. The van der Waals surface area contributed by atoms with Crippen LogP contribution in [0, 0.1) is 20.8 Å². The molecule has 0 aliphatic rings. The smallest absolute Gasteiger partial charge is 0.197 e. The second-order valence-corrected chi connectivity index (χ2v) is 5.95. The minimum Gasteiger partial charge on any atom is -0.492 e. The van der Waals surface area contributed by atoms with E-state index in [0.717, 1.165) is 16.7 Å². The van der Waals surface area contributed by atoms with Crippen molar-refractivity contribution in [2.75, 3.05) is 6.61 Å². The van der Waals surface area contributed by atoms with Crippen molar-refractivity contribution in [1.29, 1.82) is 0 Å². The third kappa shape index (κ3) is 3.10. The van der Waals surface area contributed by atoms with Gasteiger partial charge in [0, 0.05) is 5.56 Å². The van der Waals surface area contributed by atoms with E-state index in [1.807, 2.05) is 39.8 Å². The summed E-state index contributed by atoms with van der Waals surface area (Å²) in [6.07, 6.45) is 0. The molecule has 0 amide bonds. The molecule has 0 saturated heterocycles. The van der Waals surface area contributed by atoms with Crippen molar-refractivity contribution in [3.8, 4) is 5.75 Å². The van der Waals surface area contributed by atoms with Gasteiger partial charge in [-0.1, -0.05) is 23.8 Å². The Morgan fingerprint density at radius 3 is 2.32 bits per heavy atom. The van der Waals surface area contributed by atoms with Crippen LogP contribution >= 0.6 is 8.46 Å². The summed E-state index contributed by atoms with van der Waals surface area (Å²) >= 11 is 0. The number of aryl methyl sites for hydroxylation is 3. The van der Waals surface area contributed by atoms with Gasteiger partial charge in [-0.2, -0.15) is 0 Å². The molecule has 0 aromatic heterocycles. The molecule has 2 rings (SSSR count). The van der Waals surface area contributed by atoms with E-state index in [9.17, 15) is 9.36 Å². The van der Waals surface area contributed by atoms with E-state index in [-0.39, 0.29) is 14.2 Å². The maximum absolute atomic E-state index is 13.0. The minimum atomic E-state index is -0.152. The number of carbonyl (C=O) groups excluding carboxylic acids is 1. The molecule has 0 spiro atoms. The summed E-state index contributed by atoms with van der Waals surface area (Å²) in [7, 11) is -0.152. The van der Waals surface area contributed by atoms with Crippen molar-refractivity contribution < 1.29 is 14.1 Å². The quantitative estimate of drug-likeness (QED) is 0.615. The van der Waals surface area contributed by atoms with Crippen LogP contribution in [0.2, 0.25) is 0 Å². The van der Waals surface area contributed by atoms with Gasteiger partial charge in [0.25, 0.3) is 0 Å². The topological polar surface area (TPSA) is 43.4 Å². The van der Waals surface area contributed by atoms with E-state index in [2.05, 4.69) is 0 Å². The van der Waals surface area contributed by atoms with Gasteiger partial charge >= 0.3 is 0 Å². The first-order chi connectivity index (χ1) is 10.5. The third-order valence-corrected chi connectivity index (χ3v) is 4.08. The first-order valence-electron chi connectivity index (χ1n) is 7.21. The maximum atomic E-state index is 13.0. The van der Waals surface area contributed by atoms with Crippen LogP contribution in [-0.4, -0.2) is 12.4 Å². The number of carbonyl (C=O) groups is 1. The van der Waals surface area contributed by atoms with E-state index in [1.165, 1.54) is 0 Å². The summed E-state index contributed by atoms with van der Waals surface area (Å²) in [5.41, 5.74) is 4.15. The van der Waals surface area contributed by atoms with Crippen LogP contribution < -0.4 is 10.0 Å². The van der Waals surface area contributed by atoms with Gasteiger partial charge in [-0.25, -0.2) is 0 Å². The molecule has 22 heavy (non-hydrogen) atoms. The first-order valence-corrected chi connectivity index (χ1v) is 8.02. The molecule has 0 aliphatic carbocycles. The molecular formula is C18H19O3P. The normalized spacial score (nSPS) is 10.7. The van der Waals surface area contributed by atoms with Crippen molar-refractivity contribution in [2.45, 2.75) is 27.7 Å². The Labute approximate surface area is 132 Å². The lowest BCUT2D eigenvalue weighted by Gasteiger charge is -2.14. The molecule has 0 bridgehead atoms. The summed E-state index contributed by atoms with van der Waals surface area (Å²) in [5.74, 6) is 0.315. The Morgan fingerprint density at radius 1 is 1.14 bits per heavy atom. The first kappa shape index (κ1) is 16.4. The molecule has 0 saturated carbocycles. The van der Waals surface area contributed by atoms with Crippen LogP contribution in [-0.2, 0) is 4.57 Å². The number of hydrogen-bond donors (Lipinski definition) is 0. The van der Waals surface area contributed by atoms with Gasteiger partial charge in [0.2, 0.25) is 0 Å². The summed E-state index contributed by atoms with van der Waals surface area (Å²) in [6.45, 7) is 8.14. The molecular weight excluding hydrogens is 295 g/mol. The van der Waals surface area contributed by atoms with Gasteiger partial charge in [-0.05, 0) is 51.0 Å². The standard InChI is InChI=1S/C18H19O3P/c1-5-21-18-14(7-6-8-15(18)22-20)17(19)16-12(3)9-11(2)10-13(16)4/h6-10H,5H2,1-4H3. The number of rotatable bonds is 5. The second kappa shape index (κ2) is 6.85. The zero-order valence-corrected chi connectivity index (χ0v) is 14.2. The molecule has 0 atom stereocenters. The highest BCUT2D eigenvalue weighted by atomic mass is 31.1. The number of hydrogen-bond acceptors (Lipinski definition) is 3. The van der Waals surface area contributed by atoms with Gasteiger partial charge in [0.1, 0.15) is 5.75 Å². The van der Waals surface area contributed by atoms with Gasteiger partial charge in [-0.3, -0.25) is 9.36 Å². The average molecular weight is 314 g/mol. The molecule has 3 nitrogen and oxygen atoms in total. The molecule has 114 valence electrons. The van der Waals surface area contributed by atoms with E-state index >= 15 is 0 Å². The molecule has 0 unspecified atom stereocenters. The average Bonchev–Trinajstić information content (AvgIpc) is 2.46.